The Hall–Kier alpha value is -3.56. The van der Waals surface area contributed by atoms with Crippen LogP contribution in [0.4, 0.5) is 18.9 Å². The monoisotopic (exact) mass is 533 g/mol. The number of nitrogens with zero attached hydrogens (tertiary/aromatic N) is 2. The molecule has 0 radical (unpaired) electrons. The standard InChI is InChI=1S/C28H34F3N3O4/c1-4-6-7-8-26(36)32-22-12-9-19(10-13-22)17-34-23(18-35)15-20(5-2)27(33-34)21-11-14-24(37-3)25(16-21)38-28(29,30)31/h9-14,16,18,20,23H,4-8,15,17H2,1-3H3,(H,32,36). The summed E-state index contributed by atoms with van der Waals surface area (Å²) in [5.74, 6) is -0.655. The molecular weight excluding hydrogens is 499 g/mol. The van der Waals surface area contributed by atoms with Crippen molar-refractivity contribution in [1.29, 1.82) is 0 Å². The molecular formula is C28H34F3N3O4. The zero-order chi connectivity index (χ0) is 27.7. The summed E-state index contributed by atoms with van der Waals surface area (Å²) < 4.78 is 48.1. The molecule has 0 bridgehead atoms. The van der Waals surface area contributed by atoms with Crippen LogP contribution in [0.2, 0.25) is 0 Å². The van der Waals surface area contributed by atoms with E-state index in [2.05, 4.69) is 17.0 Å². The molecule has 0 fully saturated rings. The number of methoxy groups -OCH3 is 1. The van der Waals surface area contributed by atoms with E-state index in [0.717, 1.165) is 31.1 Å². The number of hydrazone groups is 1. The molecule has 2 unspecified atom stereocenters. The lowest BCUT2D eigenvalue weighted by molar-refractivity contribution is -0.275. The van der Waals surface area contributed by atoms with Gasteiger partial charge in [-0.05, 0) is 55.2 Å². The summed E-state index contributed by atoms with van der Waals surface area (Å²) >= 11 is 0. The molecule has 1 aliphatic rings. The number of halogens is 3. The molecule has 2 aromatic rings. The lowest BCUT2D eigenvalue weighted by atomic mass is 9.87. The number of amides is 1. The van der Waals surface area contributed by atoms with Gasteiger partial charge in [-0.1, -0.05) is 38.8 Å². The number of anilines is 1. The molecule has 1 aliphatic heterocycles. The summed E-state index contributed by atoms with van der Waals surface area (Å²) in [6.45, 7) is 4.35. The number of aldehydes is 1. The van der Waals surface area contributed by atoms with Crippen molar-refractivity contribution in [3.05, 3.63) is 53.6 Å². The van der Waals surface area contributed by atoms with Gasteiger partial charge in [0.05, 0.1) is 19.4 Å². The zero-order valence-corrected chi connectivity index (χ0v) is 21.9. The van der Waals surface area contributed by atoms with E-state index in [1.165, 1.54) is 19.2 Å². The smallest absolute Gasteiger partial charge is 0.493 e. The van der Waals surface area contributed by atoms with Crippen LogP contribution in [0.5, 0.6) is 11.5 Å². The maximum Gasteiger partial charge on any atom is 0.573 e. The van der Waals surface area contributed by atoms with E-state index in [9.17, 15) is 22.8 Å². The Kier molecular flexibility index (Phi) is 10.2. The van der Waals surface area contributed by atoms with Crippen molar-refractivity contribution in [3.63, 3.8) is 0 Å². The molecule has 2 atom stereocenters. The van der Waals surface area contributed by atoms with Crippen molar-refractivity contribution in [3.8, 4) is 11.5 Å². The number of carbonyl (C=O) groups excluding carboxylic acids is 2. The zero-order valence-electron chi connectivity index (χ0n) is 21.9. The summed E-state index contributed by atoms with van der Waals surface area (Å²) in [5, 5.41) is 9.27. The van der Waals surface area contributed by atoms with E-state index in [1.54, 1.807) is 23.2 Å². The molecule has 7 nitrogen and oxygen atoms in total. The molecule has 0 saturated carbocycles. The second-order valence-corrected chi connectivity index (χ2v) is 9.24. The Bertz CT molecular complexity index is 1120. The summed E-state index contributed by atoms with van der Waals surface area (Å²) in [5.41, 5.74) is 2.60. The molecule has 1 amide bonds. The Balaban J connectivity index is 1.83. The van der Waals surface area contributed by atoms with Crippen LogP contribution >= 0.6 is 0 Å². The molecule has 38 heavy (non-hydrogen) atoms. The van der Waals surface area contributed by atoms with E-state index < -0.39 is 18.2 Å². The minimum atomic E-state index is -4.87. The Labute approximate surface area is 221 Å². The van der Waals surface area contributed by atoms with Gasteiger partial charge in [0.25, 0.3) is 0 Å². The van der Waals surface area contributed by atoms with Crippen LogP contribution in [0.15, 0.2) is 47.6 Å². The fraction of sp³-hybridized carbons (Fsp3) is 0.464. The van der Waals surface area contributed by atoms with Gasteiger partial charge in [-0.3, -0.25) is 9.80 Å². The average molecular weight is 534 g/mol. The first-order valence-electron chi connectivity index (χ1n) is 12.8. The predicted octanol–water partition coefficient (Wildman–Crippen LogP) is 6.32. The van der Waals surface area contributed by atoms with Crippen molar-refractivity contribution in [2.24, 2.45) is 11.0 Å². The molecule has 0 saturated heterocycles. The maximum atomic E-state index is 13.0. The van der Waals surface area contributed by atoms with Gasteiger partial charge >= 0.3 is 6.36 Å². The van der Waals surface area contributed by atoms with E-state index in [-0.39, 0.29) is 17.6 Å². The number of rotatable bonds is 12. The fourth-order valence-corrected chi connectivity index (χ4v) is 4.43. The number of alkyl halides is 3. The highest BCUT2D eigenvalue weighted by atomic mass is 19.4. The van der Waals surface area contributed by atoms with Crippen LogP contribution in [0.25, 0.3) is 0 Å². The number of benzene rings is 2. The highest BCUT2D eigenvalue weighted by Gasteiger charge is 2.34. The van der Waals surface area contributed by atoms with Crippen LogP contribution in [0.1, 0.15) is 63.5 Å². The number of ether oxygens (including phenoxy) is 2. The maximum absolute atomic E-state index is 13.0. The number of unbranched alkanes of at least 4 members (excludes halogenated alkanes) is 2. The number of hydrogen-bond donors (Lipinski definition) is 1. The van der Waals surface area contributed by atoms with Gasteiger partial charge in [-0.2, -0.15) is 5.10 Å². The molecule has 0 aliphatic carbocycles. The molecule has 0 aromatic heterocycles. The molecule has 206 valence electrons. The van der Waals surface area contributed by atoms with Crippen LogP contribution in [-0.4, -0.2) is 42.4 Å². The third-order valence-electron chi connectivity index (χ3n) is 6.46. The normalized spacial score (nSPS) is 17.5. The number of nitrogens with one attached hydrogen (secondary N) is 1. The van der Waals surface area contributed by atoms with Crippen LogP contribution in [0, 0.1) is 5.92 Å². The van der Waals surface area contributed by atoms with Crippen molar-refractivity contribution < 1.29 is 32.2 Å². The first-order valence-corrected chi connectivity index (χ1v) is 12.8. The summed E-state index contributed by atoms with van der Waals surface area (Å²) in [6.07, 6.45) is 0.484. The average Bonchev–Trinajstić information content (AvgIpc) is 2.88. The predicted molar refractivity (Wildman–Crippen MR) is 139 cm³/mol. The Morgan fingerprint density at radius 1 is 1.13 bits per heavy atom. The molecule has 3 rings (SSSR count). The molecule has 10 heteroatoms. The molecule has 1 N–H and O–H groups in total. The van der Waals surface area contributed by atoms with Gasteiger partial charge in [0.2, 0.25) is 5.91 Å². The highest BCUT2D eigenvalue weighted by molar-refractivity contribution is 6.03. The van der Waals surface area contributed by atoms with E-state index >= 15 is 0 Å². The van der Waals surface area contributed by atoms with Gasteiger partial charge in [0.15, 0.2) is 11.5 Å². The minimum Gasteiger partial charge on any atom is -0.493 e. The Morgan fingerprint density at radius 2 is 1.87 bits per heavy atom. The van der Waals surface area contributed by atoms with Crippen LogP contribution < -0.4 is 14.8 Å². The topological polar surface area (TPSA) is 80.2 Å². The summed E-state index contributed by atoms with van der Waals surface area (Å²) in [6, 6.07) is 11.2. The lowest BCUT2D eigenvalue weighted by Crippen LogP contribution is -2.41. The highest BCUT2D eigenvalue weighted by Crippen LogP contribution is 2.35. The minimum absolute atomic E-state index is 0.0311. The van der Waals surface area contributed by atoms with Gasteiger partial charge in [0.1, 0.15) is 12.3 Å². The van der Waals surface area contributed by atoms with Gasteiger partial charge in [0, 0.05) is 23.6 Å². The largest absolute Gasteiger partial charge is 0.573 e. The lowest BCUT2D eigenvalue weighted by Gasteiger charge is -2.35. The van der Waals surface area contributed by atoms with Gasteiger partial charge in [-0.15, -0.1) is 13.2 Å². The summed E-state index contributed by atoms with van der Waals surface area (Å²) in [7, 11) is 1.27. The third-order valence-corrected chi connectivity index (χ3v) is 6.46. The summed E-state index contributed by atoms with van der Waals surface area (Å²) in [4.78, 5) is 24.0. The van der Waals surface area contributed by atoms with Crippen LogP contribution in [-0.2, 0) is 16.1 Å². The first kappa shape index (κ1) is 29.0. The fourth-order valence-electron chi connectivity index (χ4n) is 4.43. The van der Waals surface area contributed by atoms with Crippen molar-refractivity contribution in [2.75, 3.05) is 12.4 Å². The molecule has 2 aromatic carbocycles. The van der Waals surface area contributed by atoms with Gasteiger partial charge in [-0.25, -0.2) is 0 Å². The van der Waals surface area contributed by atoms with Crippen molar-refractivity contribution in [2.45, 2.75) is 71.3 Å². The first-order chi connectivity index (χ1) is 18.2. The van der Waals surface area contributed by atoms with E-state index in [0.29, 0.717) is 42.8 Å². The van der Waals surface area contributed by atoms with E-state index in [4.69, 9.17) is 9.84 Å². The van der Waals surface area contributed by atoms with E-state index in [1.807, 2.05) is 19.1 Å². The van der Waals surface area contributed by atoms with Crippen LogP contribution in [0.3, 0.4) is 0 Å². The Morgan fingerprint density at radius 3 is 2.47 bits per heavy atom. The molecule has 0 spiro atoms. The second-order valence-electron chi connectivity index (χ2n) is 9.24. The quantitative estimate of drug-likeness (QED) is 0.255. The SMILES string of the molecule is CCCCCC(=O)Nc1ccc(CN2N=C(c3ccc(OC)c(OC(F)(F)F)c3)C(CC)CC2C=O)cc1. The number of hydrogen-bond acceptors (Lipinski definition) is 6. The van der Waals surface area contributed by atoms with Crippen molar-refractivity contribution in [1.82, 2.24) is 5.01 Å². The van der Waals surface area contributed by atoms with Gasteiger partial charge < -0.3 is 19.6 Å². The second kappa shape index (κ2) is 13.3. The number of carbonyl (C=O) groups is 2. The third kappa shape index (κ3) is 7.97. The molecule has 1 heterocycles. The van der Waals surface area contributed by atoms with Crippen molar-refractivity contribution >= 4 is 23.6 Å².